The lowest BCUT2D eigenvalue weighted by atomic mass is 10.1. The summed E-state index contributed by atoms with van der Waals surface area (Å²) < 4.78 is 0. The number of nitrogens with one attached hydrogen (secondary N) is 1. The number of hydrogen-bond donors (Lipinski definition) is 2. The molecular weight excluding hydrogens is 238 g/mol. The van der Waals surface area contributed by atoms with Gasteiger partial charge in [0.1, 0.15) is 5.78 Å². The number of carbonyl (C=O) groups is 1. The Labute approximate surface area is 114 Å². The van der Waals surface area contributed by atoms with Gasteiger partial charge in [-0.1, -0.05) is 37.3 Å². The molecule has 0 aliphatic carbocycles. The Balaban J connectivity index is 0.000000200. The van der Waals surface area contributed by atoms with Gasteiger partial charge in [0.25, 0.3) is 0 Å². The van der Waals surface area contributed by atoms with E-state index in [4.69, 9.17) is 5.73 Å². The van der Waals surface area contributed by atoms with Crippen LogP contribution in [-0.4, -0.2) is 22.3 Å². The molecule has 0 spiro atoms. The minimum atomic E-state index is 0.302. The van der Waals surface area contributed by atoms with Gasteiger partial charge in [0.15, 0.2) is 0 Å². The Morgan fingerprint density at radius 3 is 2.58 bits per heavy atom. The lowest BCUT2D eigenvalue weighted by Crippen LogP contribution is -2.02. The van der Waals surface area contributed by atoms with Crippen LogP contribution in [0.15, 0.2) is 42.9 Å². The van der Waals surface area contributed by atoms with Crippen molar-refractivity contribution in [1.29, 1.82) is 0 Å². The minimum Gasteiger partial charge on any atom is -0.348 e. The molecule has 0 aliphatic rings. The van der Waals surface area contributed by atoms with E-state index in [1.165, 1.54) is 0 Å². The molecule has 4 nitrogen and oxygen atoms in total. The second-order valence-electron chi connectivity index (χ2n) is 4.17. The molecule has 0 atom stereocenters. The van der Waals surface area contributed by atoms with Crippen LogP contribution in [0.25, 0.3) is 0 Å². The SMILES string of the molecule is CCC(=O)Cc1ccccc1.NCCc1cnc[nH]1. The number of carbonyl (C=O) groups excluding carboxylic acids is 1. The van der Waals surface area contributed by atoms with Gasteiger partial charge in [-0.2, -0.15) is 0 Å². The van der Waals surface area contributed by atoms with Gasteiger partial charge in [-0.05, 0) is 12.1 Å². The van der Waals surface area contributed by atoms with Crippen LogP contribution in [0.4, 0.5) is 0 Å². The Bertz CT molecular complexity index is 452. The summed E-state index contributed by atoms with van der Waals surface area (Å²) in [7, 11) is 0. The molecule has 19 heavy (non-hydrogen) atoms. The van der Waals surface area contributed by atoms with Crippen molar-refractivity contribution in [3.63, 3.8) is 0 Å². The normalized spacial score (nSPS) is 9.58. The van der Waals surface area contributed by atoms with Gasteiger partial charge < -0.3 is 10.7 Å². The fourth-order valence-corrected chi connectivity index (χ4v) is 1.53. The molecule has 1 aromatic carbocycles. The third-order valence-electron chi connectivity index (χ3n) is 2.61. The summed E-state index contributed by atoms with van der Waals surface area (Å²) in [6.45, 7) is 2.58. The van der Waals surface area contributed by atoms with E-state index in [1.54, 1.807) is 12.5 Å². The van der Waals surface area contributed by atoms with Gasteiger partial charge in [-0.15, -0.1) is 0 Å². The summed E-state index contributed by atoms with van der Waals surface area (Å²) in [5, 5.41) is 0. The van der Waals surface area contributed by atoms with Gasteiger partial charge in [0.05, 0.1) is 6.33 Å². The second-order valence-corrected chi connectivity index (χ2v) is 4.17. The van der Waals surface area contributed by atoms with E-state index < -0.39 is 0 Å². The molecule has 0 saturated heterocycles. The molecule has 1 aromatic heterocycles. The maximum atomic E-state index is 11.0. The molecule has 0 radical (unpaired) electrons. The zero-order valence-corrected chi connectivity index (χ0v) is 11.3. The van der Waals surface area contributed by atoms with Crippen molar-refractivity contribution in [2.75, 3.05) is 6.54 Å². The minimum absolute atomic E-state index is 0.302. The van der Waals surface area contributed by atoms with Gasteiger partial charge in [-0.3, -0.25) is 4.79 Å². The number of nitrogens with two attached hydrogens (primary N) is 1. The summed E-state index contributed by atoms with van der Waals surface area (Å²) in [5.41, 5.74) is 7.49. The highest BCUT2D eigenvalue weighted by Crippen LogP contribution is 2.00. The number of benzene rings is 1. The highest BCUT2D eigenvalue weighted by Gasteiger charge is 1.98. The van der Waals surface area contributed by atoms with E-state index in [9.17, 15) is 4.79 Å². The summed E-state index contributed by atoms with van der Waals surface area (Å²) in [5.74, 6) is 0.302. The van der Waals surface area contributed by atoms with Crippen LogP contribution >= 0.6 is 0 Å². The Morgan fingerprint density at radius 2 is 2.05 bits per heavy atom. The first-order chi connectivity index (χ1) is 9.26. The fourth-order valence-electron chi connectivity index (χ4n) is 1.53. The fraction of sp³-hybridized carbons (Fsp3) is 0.333. The number of ketones is 1. The van der Waals surface area contributed by atoms with E-state index in [0.29, 0.717) is 25.2 Å². The molecule has 3 N–H and O–H groups in total. The first kappa shape index (κ1) is 15.1. The number of nitrogens with zero attached hydrogens (tertiary/aromatic N) is 1. The molecule has 0 amide bonds. The van der Waals surface area contributed by atoms with Crippen LogP contribution in [0, 0.1) is 0 Å². The third-order valence-corrected chi connectivity index (χ3v) is 2.61. The van der Waals surface area contributed by atoms with Crippen LogP contribution < -0.4 is 5.73 Å². The number of imidazole rings is 1. The largest absolute Gasteiger partial charge is 0.348 e. The summed E-state index contributed by atoms with van der Waals surface area (Å²) in [6.07, 6.45) is 5.55. The molecule has 4 heteroatoms. The van der Waals surface area contributed by atoms with E-state index in [2.05, 4.69) is 9.97 Å². The van der Waals surface area contributed by atoms with Crippen molar-refractivity contribution < 1.29 is 4.79 Å². The maximum Gasteiger partial charge on any atom is 0.136 e. The van der Waals surface area contributed by atoms with Crippen molar-refractivity contribution in [2.24, 2.45) is 5.73 Å². The van der Waals surface area contributed by atoms with Gasteiger partial charge in [0, 0.05) is 31.2 Å². The quantitative estimate of drug-likeness (QED) is 0.864. The molecule has 0 fully saturated rings. The van der Waals surface area contributed by atoms with Crippen molar-refractivity contribution in [2.45, 2.75) is 26.2 Å². The van der Waals surface area contributed by atoms with E-state index in [0.717, 1.165) is 17.7 Å². The Morgan fingerprint density at radius 1 is 1.32 bits per heavy atom. The van der Waals surface area contributed by atoms with Gasteiger partial charge >= 0.3 is 0 Å². The third kappa shape index (κ3) is 6.52. The highest BCUT2D eigenvalue weighted by atomic mass is 16.1. The average molecular weight is 259 g/mol. The molecule has 2 rings (SSSR count). The summed E-state index contributed by atoms with van der Waals surface area (Å²) in [4.78, 5) is 17.8. The number of aromatic nitrogens is 2. The monoisotopic (exact) mass is 259 g/mol. The zero-order valence-electron chi connectivity index (χ0n) is 11.3. The smallest absolute Gasteiger partial charge is 0.136 e. The summed E-state index contributed by atoms with van der Waals surface area (Å²) >= 11 is 0. The maximum absolute atomic E-state index is 11.0. The average Bonchev–Trinajstić information content (AvgIpc) is 2.94. The van der Waals surface area contributed by atoms with E-state index in [-0.39, 0.29) is 0 Å². The predicted molar refractivity (Wildman–Crippen MR) is 76.8 cm³/mol. The molecule has 0 bridgehead atoms. The summed E-state index contributed by atoms with van der Waals surface area (Å²) in [6, 6.07) is 9.83. The number of hydrogen-bond acceptors (Lipinski definition) is 3. The predicted octanol–water partition coefficient (Wildman–Crippen LogP) is 2.12. The molecule has 0 saturated carbocycles. The van der Waals surface area contributed by atoms with Gasteiger partial charge in [0.2, 0.25) is 0 Å². The Hall–Kier alpha value is -1.94. The molecule has 2 aromatic rings. The van der Waals surface area contributed by atoms with Crippen LogP contribution in [0.2, 0.25) is 0 Å². The van der Waals surface area contributed by atoms with Crippen LogP contribution in [0.1, 0.15) is 24.6 Å². The number of rotatable bonds is 5. The van der Waals surface area contributed by atoms with Gasteiger partial charge in [-0.25, -0.2) is 4.98 Å². The standard InChI is InChI=1S/C10H12O.C5H9N3/c1-2-10(11)8-9-6-4-3-5-7-9;6-2-1-5-3-7-4-8-5/h3-7H,2,8H2,1H3;3-4H,1-2,6H2,(H,7,8). The molecule has 1 heterocycles. The van der Waals surface area contributed by atoms with Crippen molar-refractivity contribution in [3.8, 4) is 0 Å². The zero-order chi connectivity index (χ0) is 13.9. The van der Waals surface area contributed by atoms with E-state index >= 15 is 0 Å². The van der Waals surface area contributed by atoms with Crippen molar-refractivity contribution >= 4 is 5.78 Å². The van der Waals surface area contributed by atoms with Crippen molar-refractivity contribution in [3.05, 3.63) is 54.1 Å². The second kappa shape index (κ2) is 9.05. The Kier molecular flexibility index (Phi) is 7.20. The van der Waals surface area contributed by atoms with Crippen LogP contribution in [0.3, 0.4) is 0 Å². The number of Topliss-reactive ketones (excluding diaryl/α,β-unsaturated/α-hetero) is 1. The topological polar surface area (TPSA) is 71.8 Å². The van der Waals surface area contributed by atoms with Crippen molar-refractivity contribution in [1.82, 2.24) is 9.97 Å². The number of H-pyrrole nitrogens is 1. The molecular formula is C15H21N3O. The van der Waals surface area contributed by atoms with Crippen LogP contribution in [0.5, 0.6) is 0 Å². The lowest BCUT2D eigenvalue weighted by molar-refractivity contribution is -0.118. The lowest BCUT2D eigenvalue weighted by Gasteiger charge is -1.96. The molecule has 0 unspecified atom stereocenters. The molecule has 102 valence electrons. The van der Waals surface area contributed by atoms with Crippen LogP contribution in [-0.2, 0) is 17.6 Å². The first-order valence-corrected chi connectivity index (χ1v) is 6.49. The molecule has 0 aliphatic heterocycles. The number of aromatic amines is 1. The highest BCUT2D eigenvalue weighted by molar-refractivity contribution is 5.80. The first-order valence-electron chi connectivity index (χ1n) is 6.49. The van der Waals surface area contributed by atoms with E-state index in [1.807, 2.05) is 37.3 Å².